The van der Waals surface area contributed by atoms with Crippen LogP contribution in [0.15, 0.2) is 24.3 Å². The van der Waals surface area contributed by atoms with Crippen LogP contribution in [0.3, 0.4) is 0 Å². The van der Waals surface area contributed by atoms with E-state index in [0.717, 1.165) is 38.9 Å². The maximum atomic E-state index is 12.4. The molecule has 2 atom stereocenters. The molecule has 0 saturated carbocycles. The molecule has 158 valence electrons. The van der Waals surface area contributed by atoms with E-state index in [0.29, 0.717) is 19.0 Å². The zero-order valence-electron chi connectivity index (χ0n) is 17.8. The van der Waals surface area contributed by atoms with Crippen molar-refractivity contribution < 1.29 is 14.3 Å². The fraction of sp³-hybridized carbons (Fsp3) is 0.652. The highest BCUT2D eigenvalue weighted by Gasteiger charge is 2.50. The molecule has 6 heteroatoms. The van der Waals surface area contributed by atoms with E-state index in [4.69, 9.17) is 4.74 Å². The molecule has 0 radical (unpaired) electrons. The van der Waals surface area contributed by atoms with Crippen molar-refractivity contribution in [1.29, 1.82) is 0 Å². The van der Waals surface area contributed by atoms with E-state index in [1.807, 2.05) is 4.90 Å². The van der Waals surface area contributed by atoms with Gasteiger partial charge in [-0.25, -0.2) is 4.79 Å². The Morgan fingerprint density at radius 3 is 2.38 bits per heavy atom. The normalized spacial score (nSPS) is 25.6. The number of piperidine rings is 1. The number of benzene rings is 1. The molecule has 0 bridgehead atoms. The SMILES string of the molecule is CC(=O)N1C[C@@H]2OC(=O)N(C3CCN(Cc4ccc(CC(C)C)cc4)CC3)[C@@H]2C1. The van der Waals surface area contributed by atoms with Gasteiger partial charge in [-0.15, -0.1) is 0 Å². The fourth-order valence-electron chi connectivity index (χ4n) is 5.01. The van der Waals surface area contributed by atoms with E-state index in [1.54, 1.807) is 11.8 Å². The summed E-state index contributed by atoms with van der Waals surface area (Å²) < 4.78 is 5.57. The lowest BCUT2D eigenvalue weighted by molar-refractivity contribution is -0.128. The van der Waals surface area contributed by atoms with Crippen molar-refractivity contribution in [2.45, 2.75) is 64.8 Å². The first-order chi connectivity index (χ1) is 13.9. The summed E-state index contributed by atoms with van der Waals surface area (Å²) in [5.41, 5.74) is 2.75. The van der Waals surface area contributed by atoms with Crippen LogP contribution in [0.5, 0.6) is 0 Å². The standard InChI is InChI=1S/C23H33N3O3/c1-16(2)12-18-4-6-19(7-5-18)13-24-10-8-20(9-11-24)26-21-14-25(17(3)27)15-22(21)29-23(26)28/h4-7,16,20-22H,8-15H2,1-3H3/t21-,22+/m1/s1. The largest absolute Gasteiger partial charge is 0.442 e. The Morgan fingerprint density at radius 1 is 1.10 bits per heavy atom. The molecule has 0 N–H and O–H groups in total. The zero-order valence-corrected chi connectivity index (χ0v) is 17.8. The first kappa shape index (κ1) is 20.2. The second kappa shape index (κ2) is 8.34. The van der Waals surface area contributed by atoms with Crippen LogP contribution < -0.4 is 0 Å². The molecular weight excluding hydrogens is 366 g/mol. The van der Waals surface area contributed by atoms with Gasteiger partial charge in [0.1, 0.15) is 6.10 Å². The van der Waals surface area contributed by atoms with Crippen molar-refractivity contribution in [3.63, 3.8) is 0 Å². The fourth-order valence-corrected chi connectivity index (χ4v) is 5.01. The van der Waals surface area contributed by atoms with Gasteiger partial charge in [0, 0.05) is 39.1 Å². The molecule has 3 saturated heterocycles. The van der Waals surface area contributed by atoms with Crippen LogP contribution in [0.4, 0.5) is 4.79 Å². The maximum absolute atomic E-state index is 12.4. The summed E-state index contributed by atoms with van der Waals surface area (Å²) >= 11 is 0. The van der Waals surface area contributed by atoms with Gasteiger partial charge in [0.25, 0.3) is 0 Å². The molecule has 29 heavy (non-hydrogen) atoms. The van der Waals surface area contributed by atoms with Crippen LogP contribution in [-0.2, 0) is 22.5 Å². The Labute approximate surface area is 173 Å². The molecule has 0 aromatic heterocycles. The average molecular weight is 400 g/mol. The quantitative estimate of drug-likeness (QED) is 0.764. The summed E-state index contributed by atoms with van der Waals surface area (Å²) in [7, 11) is 0. The molecule has 3 fully saturated rings. The van der Waals surface area contributed by atoms with Gasteiger partial charge < -0.3 is 9.64 Å². The van der Waals surface area contributed by atoms with Crippen molar-refractivity contribution in [3.05, 3.63) is 35.4 Å². The van der Waals surface area contributed by atoms with Crippen molar-refractivity contribution in [2.24, 2.45) is 5.92 Å². The number of ether oxygens (including phenoxy) is 1. The Hall–Kier alpha value is -2.08. The van der Waals surface area contributed by atoms with Gasteiger partial charge in [-0.1, -0.05) is 38.1 Å². The van der Waals surface area contributed by atoms with Gasteiger partial charge in [-0.05, 0) is 36.3 Å². The number of carbonyl (C=O) groups is 2. The first-order valence-corrected chi connectivity index (χ1v) is 11.0. The summed E-state index contributed by atoms with van der Waals surface area (Å²) in [6, 6.07) is 9.25. The van der Waals surface area contributed by atoms with E-state index in [2.05, 4.69) is 43.0 Å². The lowest BCUT2D eigenvalue weighted by Gasteiger charge is -2.37. The summed E-state index contributed by atoms with van der Waals surface area (Å²) in [4.78, 5) is 30.3. The van der Waals surface area contributed by atoms with Crippen LogP contribution >= 0.6 is 0 Å². The maximum Gasteiger partial charge on any atom is 0.410 e. The molecule has 1 aromatic rings. The lowest BCUT2D eigenvalue weighted by atomic mass is 9.99. The number of hydrogen-bond acceptors (Lipinski definition) is 4. The number of amides is 2. The molecule has 3 heterocycles. The molecule has 4 rings (SSSR count). The minimum Gasteiger partial charge on any atom is -0.442 e. The number of rotatable bonds is 5. The molecule has 0 aliphatic carbocycles. The topological polar surface area (TPSA) is 53.1 Å². The highest BCUT2D eigenvalue weighted by atomic mass is 16.6. The zero-order chi connectivity index (χ0) is 20.5. The minimum absolute atomic E-state index is 0.0245. The number of likely N-dealkylation sites (tertiary alicyclic amines) is 2. The van der Waals surface area contributed by atoms with Gasteiger partial charge in [-0.2, -0.15) is 0 Å². The minimum atomic E-state index is -0.192. The van der Waals surface area contributed by atoms with Crippen molar-refractivity contribution >= 4 is 12.0 Å². The van der Waals surface area contributed by atoms with Gasteiger partial charge in [0.15, 0.2) is 0 Å². The Balaban J connectivity index is 1.30. The van der Waals surface area contributed by atoms with Crippen LogP contribution in [0.25, 0.3) is 0 Å². The van der Waals surface area contributed by atoms with Gasteiger partial charge >= 0.3 is 6.09 Å². The molecule has 2 amide bonds. The summed E-state index contributed by atoms with van der Waals surface area (Å²) in [5.74, 6) is 0.740. The van der Waals surface area contributed by atoms with E-state index in [1.165, 1.54) is 11.1 Å². The van der Waals surface area contributed by atoms with Crippen LogP contribution in [0.1, 0.15) is 44.7 Å². The second-order valence-corrected chi connectivity index (χ2v) is 9.24. The van der Waals surface area contributed by atoms with E-state index < -0.39 is 0 Å². The highest BCUT2D eigenvalue weighted by molar-refractivity contribution is 5.76. The van der Waals surface area contributed by atoms with E-state index >= 15 is 0 Å². The molecule has 0 unspecified atom stereocenters. The Kier molecular flexibility index (Phi) is 5.81. The molecule has 6 nitrogen and oxygen atoms in total. The Morgan fingerprint density at radius 2 is 1.76 bits per heavy atom. The van der Waals surface area contributed by atoms with Crippen LogP contribution in [0, 0.1) is 5.92 Å². The van der Waals surface area contributed by atoms with Crippen LogP contribution in [-0.4, -0.2) is 71.1 Å². The summed E-state index contributed by atoms with van der Waals surface area (Å²) in [5, 5.41) is 0. The summed E-state index contributed by atoms with van der Waals surface area (Å²) in [6.45, 7) is 10.2. The first-order valence-electron chi connectivity index (χ1n) is 11.0. The average Bonchev–Trinajstić information content (AvgIpc) is 3.21. The monoisotopic (exact) mass is 399 g/mol. The number of nitrogens with zero attached hydrogens (tertiary/aromatic N) is 3. The lowest BCUT2D eigenvalue weighted by Crippen LogP contribution is -2.50. The number of carbonyl (C=O) groups excluding carboxylic acids is 2. The molecule has 3 aliphatic rings. The van der Waals surface area contributed by atoms with E-state index in [-0.39, 0.29) is 30.2 Å². The molecular formula is C23H33N3O3. The highest BCUT2D eigenvalue weighted by Crippen LogP contribution is 2.32. The van der Waals surface area contributed by atoms with Gasteiger partial charge in [0.05, 0.1) is 12.6 Å². The third kappa shape index (κ3) is 4.42. The predicted molar refractivity (Wildman–Crippen MR) is 111 cm³/mol. The Bertz CT molecular complexity index is 740. The molecule has 3 aliphatic heterocycles. The molecule has 0 spiro atoms. The molecule has 1 aromatic carbocycles. The van der Waals surface area contributed by atoms with Gasteiger partial charge in [0.2, 0.25) is 5.91 Å². The van der Waals surface area contributed by atoms with Crippen molar-refractivity contribution in [2.75, 3.05) is 26.2 Å². The second-order valence-electron chi connectivity index (χ2n) is 9.24. The number of hydrogen-bond donors (Lipinski definition) is 0. The van der Waals surface area contributed by atoms with Gasteiger partial charge in [-0.3, -0.25) is 14.6 Å². The van der Waals surface area contributed by atoms with E-state index in [9.17, 15) is 9.59 Å². The van der Waals surface area contributed by atoms with Crippen LogP contribution in [0.2, 0.25) is 0 Å². The van der Waals surface area contributed by atoms with Crippen molar-refractivity contribution in [3.8, 4) is 0 Å². The van der Waals surface area contributed by atoms with Crippen molar-refractivity contribution in [1.82, 2.24) is 14.7 Å². The third-order valence-electron chi connectivity index (χ3n) is 6.53. The smallest absolute Gasteiger partial charge is 0.410 e. The third-order valence-corrected chi connectivity index (χ3v) is 6.53. The number of fused-ring (bicyclic) bond motifs is 1. The predicted octanol–water partition coefficient (Wildman–Crippen LogP) is 2.90. The summed E-state index contributed by atoms with van der Waals surface area (Å²) in [6.07, 6.45) is 2.70.